The van der Waals surface area contributed by atoms with Crippen LogP contribution in [0.3, 0.4) is 0 Å². The highest BCUT2D eigenvalue weighted by Crippen LogP contribution is 2.28. The van der Waals surface area contributed by atoms with E-state index in [1.807, 2.05) is 80.6 Å². The van der Waals surface area contributed by atoms with Crippen LogP contribution in [0.15, 0.2) is 84.9 Å². The molecule has 4 rings (SSSR count). The average Bonchev–Trinajstić information content (AvgIpc) is 2.80. The summed E-state index contributed by atoms with van der Waals surface area (Å²) in [6, 6.07) is 27.3. The number of hydrogen-bond donors (Lipinski definition) is 1. The molecule has 0 spiro atoms. The molecule has 1 amide bonds. The van der Waals surface area contributed by atoms with Crippen LogP contribution in [0.2, 0.25) is 0 Å². The van der Waals surface area contributed by atoms with E-state index >= 15 is 0 Å². The van der Waals surface area contributed by atoms with E-state index < -0.39 is 0 Å². The van der Waals surface area contributed by atoms with Crippen molar-refractivity contribution in [2.75, 3.05) is 11.9 Å². The molecule has 4 aromatic rings. The molecule has 0 saturated carbocycles. The van der Waals surface area contributed by atoms with Crippen LogP contribution in [0.4, 0.5) is 5.69 Å². The summed E-state index contributed by atoms with van der Waals surface area (Å²) in [5, 5.41) is 5.16. The lowest BCUT2D eigenvalue weighted by Crippen LogP contribution is -2.13. The third-order valence-electron chi connectivity index (χ3n) is 5.15. The SMILES string of the molecule is CCOc1ccc(C(=O)Nc2ccccc2C)cc1COc1cccc2ccccc12. The van der Waals surface area contributed by atoms with Crippen molar-refractivity contribution in [3.05, 3.63) is 102 Å². The number of aryl methyl sites for hydroxylation is 1. The number of amides is 1. The molecule has 0 bridgehead atoms. The topological polar surface area (TPSA) is 47.6 Å². The van der Waals surface area contributed by atoms with Gasteiger partial charge in [-0.2, -0.15) is 0 Å². The number of fused-ring (bicyclic) bond motifs is 1. The lowest BCUT2D eigenvalue weighted by Gasteiger charge is -2.15. The van der Waals surface area contributed by atoms with Crippen molar-refractivity contribution < 1.29 is 14.3 Å². The summed E-state index contributed by atoms with van der Waals surface area (Å²) in [5.74, 6) is 1.36. The van der Waals surface area contributed by atoms with E-state index in [-0.39, 0.29) is 5.91 Å². The molecule has 0 heterocycles. The van der Waals surface area contributed by atoms with E-state index in [0.29, 0.717) is 18.8 Å². The first kappa shape index (κ1) is 20.5. The van der Waals surface area contributed by atoms with Gasteiger partial charge in [-0.25, -0.2) is 0 Å². The molecule has 0 fully saturated rings. The van der Waals surface area contributed by atoms with Gasteiger partial charge < -0.3 is 14.8 Å². The first-order chi connectivity index (χ1) is 15.2. The molecule has 4 nitrogen and oxygen atoms in total. The number of para-hydroxylation sites is 1. The minimum absolute atomic E-state index is 0.163. The molecule has 31 heavy (non-hydrogen) atoms. The molecular weight excluding hydrogens is 386 g/mol. The van der Waals surface area contributed by atoms with Gasteiger partial charge in [0.2, 0.25) is 0 Å². The number of nitrogens with one attached hydrogen (secondary N) is 1. The van der Waals surface area contributed by atoms with Crippen molar-refractivity contribution in [3.8, 4) is 11.5 Å². The van der Waals surface area contributed by atoms with Gasteiger partial charge in [0, 0.05) is 22.2 Å². The summed E-state index contributed by atoms with van der Waals surface area (Å²) in [6.45, 7) is 4.75. The van der Waals surface area contributed by atoms with Gasteiger partial charge in [-0.1, -0.05) is 54.6 Å². The maximum atomic E-state index is 12.8. The Morgan fingerprint density at radius 1 is 0.839 bits per heavy atom. The molecule has 0 aliphatic heterocycles. The zero-order valence-electron chi connectivity index (χ0n) is 17.7. The fraction of sp³-hybridized carbons (Fsp3) is 0.148. The summed E-state index contributed by atoms with van der Waals surface area (Å²) in [6.07, 6.45) is 0. The Morgan fingerprint density at radius 2 is 1.61 bits per heavy atom. The third-order valence-corrected chi connectivity index (χ3v) is 5.15. The first-order valence-electron chi connectivity index (χ1n) is 10.4. The Balaban J connectivity index is 1.58. The van der Waals surface area contributed by atoms with Gasteiger partial charge in [0.05, 0.1) is 6.61 Å². The molecule has 0 aromatic heterocycles. The zero-order valence-corrected chi connectivity index (χ0v) is 17.7. The monoisotopic (exact) mass is 411 g/mol. The maximum absolute atomic E-state index is 12.8. The molecular formula is C27H25NO3. The van der Waals surface area contributed by atoms with E-state index in [1.54, 1.807) is 6.07 Å². The second-order valence-corrected chi connectivity index (χ2v) is 7.29. The maximum Gasteiger partial charge on any atom is 0.255 e. The second-order valence-electron chi connectivity index (χ2n) is 7.29. The Labute approximate surface area is 182 Å². The molecule has 1 N–H and O–H groups in total. The molecule has 4 aromatic carbocycles. The van der Waals surface area contributed by atoms with E-state index in [4.69, 9.17) is 9.47 Å². The average molecular weight is 412 g/mol. The second kappa shape index (κ2) is 9.35. The molecule has 0 saturated heterocycles. The highest BCUT2D eigenvalue weighted by molar-refractivity contribution is 6.04. The van der Waals surface area contributed by atoms with Gasteiger partial charge in [0.15, 0.2) is 0 Å². The standard InChI is InChI=1S/C27H25NO3/c1-3-30-25-16-15-21(27(29)28-24-13-7-4-9-19(24)2)17-22(25)18-31-26-14-8-11-20-10-5-6-12-23(20)26/h4-17H,3,18H2,1-2H3,(H,28,29). The smallest absolute Gasteiger partial charge is 0.255 e. The number of benzene rings is 4. The Morgan fingerprint density at radius 3 is 2.45 bits per heavy atom. The van der Waals surface area contributed by atoms with Gasteiger partial charge >= 0.3 is 0 Å². The molecule has 156 valence electrons. The lowest BCUT2D eigenvalue weighted by molar-refractivity contribution is 0.102. The normalized spacial score (nSPS) is 10.6. The summed E-state index contributed by atoms with van der Waals surface area (Å²) in [7, 11) is 0. The zero-order chi connectivity index (χ0) is 21.6. The Hall–Kier alpha value is -3.79. The molecule has 0 aliphatic rings. The van der Waals surface area contributed by atoms with Crippen molar-refractivity contribution in [1.29, 1.82) is 0 Å². The van der Waals surface area contributed by atoms with Crippen molar-refractivity contribution in [2.24, 2.45) is 0 Å². The van der Waals surface area contributed by atoms with Crippen LogP contribution in [0.5, 0.6) is 11.5 Å². The van der Waals surface area contributed by atoms with Crippen LogP contribution in [-0.4, -0.2) is 12.5 Å². The van der Waals surface area contributed by atoms with Gasteiger partial charge in [-0.3, -0.25) is 4.79 Å². The van der Waals surface area contributed by atoms with Crippen molar-refractivity contribution in [3.63, 3.8) is 0 Å². The summed E-state index contributed by atoms with van der Waals surface area (Å²) in [4.78, 5) is 12.8. The van der Waals surface area contributed by atoms with Crippen LogP contribution in [-0.2, 0) is 6.61 Å². The van der Waals surface area contributed by atoms with E-state index in [1.165, 1.54) is 0 Å². The van der Waals surface area contributed by atoms with E-state index in [9.17, 15) is 4.79 Å². The van der Waals surface area contributed by atoms with E-state index in [0.717, 1.165) is 39.1 Å². The van der Waals surface area contributed by atoms with E-state index in [2.05, 4.69) is 17.4 Å². The lowest BCUT2D eigenvalue weighted by atomic mass is 10.1. The first-order valence-corrected chi connectivity index (χ1v) is 10.4. The van der Waals surface area contributed by atoms with Crippen molar-refractivity contribution in [2.45, 2.75) is 20.5 Å². The largest absolute Gasteiger partial charge is 0.493 e. The number of hydrogen-bond acceptors (Lipinski definition) is 3. The van der Waals surface area contributed by atoms with Crippen LogP contribution in [0, 0.1) is 6.92 Å². The summed E-state index contributed by atoms with van der Waals surface area (Å²) < 4.78 is 11.9. The molecule has 0 radical (unpaired) electrons. The number of carbonyl (C=O) groups excluding carboxylic acids is 1. The third kappa shape index (κ3) is 4.69. The van der Waals surface area contributed by atoms with Crippen LogP contribution >= 0.6 is 0 Å². The predicted octanol–water partition coefficient (Wildman–Crippen LogP) is 6.38. The number of ether oxygens (including phenoxy) is 2. The Bertz CT molecular complexity index is 1210. The molecule has 4 heteroatoms. The van der Waals surface area contributed by atoms with Gasteiger partial charge in [0.25, 0.3) is 5.91 Å². The Kier molecular flexibility index (Phi) is 6.18. The quantitative estimate of drug-likeness (QED) is 0.384. The number of carbonyl (C=O) groups is 1. The number of anilines is 1. The minimum Gasteiger partial charge on any atom is -0.493 e. The van der Waals surface area contributed by atoms with Crippen LogP contribution < -0.4 is 14.8 Å². The van der Waals surface area contributed by atoms with Crippen LogP contribution in [0.25, 0.3) is 10.8 Å². The predicted molar refractivity (Wildman–Crippen MR) is 125 cm³/mol. The molecule has 0 unspecified atom stereocenters. The van der Waals surface area contributed by atoms with Gasteiger partial charge in [-0.15, -0.1) is 0 Å². The fourth-order valence-corrected chi connectivity index (χ4v) is 3.51. The highest BCUT2D eigenvalue weighted by atomic mass is 16.5. The molecule has 0 atom stereocenters. The van der Waals surface area contributed by atoms with Crippen molar-refractivity contribution >= 4 is 22.4 Å². The minimum atomic E-state index is -0.163. The van der Waals surface area contributed by atoms with Crippen LogP contribution in [0.1, 0.15) is 28.4 Å². The summed E-state index contributed by atoms with van der Waals surface area (Å²) in [5.41, 5.74) is 3.20. The van der Waals surface area contributed by atoms with Gasteiger partial charge in [-0.05, 0) is 55.1 Å². The number of rotatable bonds is 7. The molecule has 0 aliphatic carbocycles. The fourth-order valence-electron chi connectivity index (χ4n) is 3.51. The highest BCUT2D eigenvalue weighted by Gasteiger charge is 2.13. The summed E-state index contributed by atoms with van der Waals surface area (Å²) >= 11 is 0. The van der Waals surface area contributed by atoms with Gasteiger partial charge in [0.1, 0.15) is 18.1 Å². The van der Waals surface area contributed by atoms with Crippen molar-refractivity contribution in [1.82, 2.24) is 0 Å².